The summed E-state index contributed by atoms with van der Waals surface area (Å²) in [5, 5.41) is 0. The van der Waals surface area contributed by atoms with Crippen molar-refractivity contribution in [3.05, 3.63) is 65.5 Å². The van der Waals surface area contributed by atoms with E-state index in [9.17, 15) is 26.0 Å². The minimum atomic E-state index is -4.44. The normalized spacial score (nSPS) is 12.3. The second-order valence-corrected chi connectivity index (χ2v) is 6.57. The molecular formula is C15H13F4NO2S. The van der Waals surface area contributed by atoms with E-state index in [0.717, 1.165) is 36.4 Å². The molecule has 0 spiro atoms. The summed E-state index contributed by atoms with van der Waals surface area (Å²) < 4.78 is 76.7. The fourth-order valence-electron chi connectivity index (χ4n) is 1.93. The van der Waals surface area contributed by atoms with Crippen LogP contribution in [0, 0.1) is 5.82 Å². The van der Waals surface area contributed by atoms with E-state index in [0.29, 0.717) is 5.56 Å². The zero-order chi connectivity index (χ0) is 17.1. The minimum absolute atomic E-state index is 0.0684. The summed E-state index contributed by atoms with van der Waals surface area (Å²) in [6, 6.07) is 8.94. The van der Waals surface area contributed by atoms with Crippen LogP contribution in [0.5, 0.6) is 0 Å². The van der Waals surface area contributed by atoms with Crippen LogP contribution in [-0.4, -0.2) is 15.0 Å². The summed E-state index contributed by atoms with van der Waals surface area (Å²) in [5.41, 5.74) is -0.418. The van der Waals surface area contributed by atoms with Crippen molar-refractivity contribution in [3.63, 3.8) is 0 Å². The lowest BCUT2D eigenvalue weighted by Crippen LogP contribution is -2.26. The summed E-state index contributed by atoms with van der Waals surface area (Å²) in [4.78, 5) is -0.108. The molecule has 3 nitrogen and oxygen atoms in total. The maximum absolute atomic E-state index is 12.8. The molecule has 0 fully saturated rings. The number of sulfonamides is 1. The second kappa shape index (κ2) is 6.67. The standard InChI is InChI=1S/C15H13F4NO2S/c16-13-4-6-14(7-5-13)23(21,22)20-9-8-11-2-1-3-12(10-11)15(17,18)19/h1-7,10,20H,8-9H2. The van der Waals surface area contributed by atoms with Gasteiger partial charge in [-0.25, -0.2) is 17.5 Å². The third-order valence-corrected chi connectivity index (χ3v) is 4.56. The molecule has 0 atom stereocenters. The number of benzene rings is 2. The number of rotatable bonds is 5. The molecule has 2 rings (SSSR count). The lowest BCUT2D eigenvalue weighted by molar-refractivity contribution is -0.137. The van der Waals surface area contributed by atoms with E-state index in [4.69, 9.17) is 0 Å². The first kappa shape index (κ1) is 17.4. The highest BCUT2D eigenvalue weighted by molar-refractivity contribution is 7.89. The largest absolute Gasteiger partial charge is 0.416 e. The average molecular weight is 347 g/mol. The van der Waals surface area contributed by atoms with Gasteiger partial charge < -0.3 is 0 Å². The highest BCUT2D eigenvalue weighted by atomic mass is 32.2. The van der Waals surface area contributed by atoms with E-state index in [1.54, 1.807) is 0 Å². The molecule has 0 radical (unpaired) electrons. The van der Waals surface area contributed by atoms with Gasteiger partial charge in [0.2, 0.25) is 10.0 Å². The molecule has 0 aromatic heterocycles. The van der Waals surface area contributed by atoms with Crippen LogP contribution in [0.1, 0.15) is 11.1 Å². The maximum atomic E-state index is 12.8. The Labute approximate surface area is 131 Å². The molecule has 0 aliphatic rings. The molecule has 0 aliphatic carbocycles. The van der Waals surface area contributed by atoms with Crippen molar-refractivity contribution in [2.24, 2.45) is 0 Å². The van der Waals surface area contributed by atoms with Crippen LogP contribution in [0.25, 0.3) is 0 Å². The van der Waals surface area contributed by atoms with Gasteiger partial charge in [0.05, 0.1) is 10.5 Å². The summed E-state index contributed by atoms with van der Waals surface area (Å²) >= 11 is 0. The van der Waals surface area contributed by atoms with Crippen molar-refractivity contribution in [2.45, 2.75) is 17.5 Å². The Morgan fingerprint density at radius 2 is 1.65 bits per heavy atom. The van der Waals surface area contributed by atoms with Crippen molar-refractivity contribution in [2.75, 3.05) is 6.54 Å². The number of hydrogen-bond donors (Lipinski definition) is 1. The molecule has 2 aromatic carbocycles. The van der Waals surface area contributed by atoms with Gasteiger partial charge in [-0.05, 0) is 42.3 Å². The summed E-state index contributed by atoms with van der Waals surface area (Å²) in [6.07, 6.45) is -4.34. The Kier molecular flexibility index (Phi) is 5.06. The van der Waals surface area contributed by atoms with Crippen LogP contribution in [0.4, 0.5) is 17.6 Å². The third kappa shape index (κ3) is 4.77. The highest BCUT2D eigenvalue weighted by Gasteiger charge is 2.30. The van der Waals surface area contributed by atoms with Crippen molar-refractivity contribution in [1.29, 1.82) is 0 Å². The molecule has 23 heavy (non-hydrogen) atoms. The molecule has 124 valence electrons. The van der Waals surface area contributed by atoms with E-state index >= 15 is 0 Å². The van der Waals surface area contributed by atoms with Crippen molar-refractivity contribution in [3.8, 4) is 0 Å². The van der Waals surface area contributed by atoms with Gasteiger partial charge in [0.1, 0.15) is 5.82 Å². The Bertz CT molecular complexity index is 771. The SMILES string of the molecule is O=S(=O)(NCCc1cccc(C(F)(F)F)c1)c1ccc(F)cc1. The van der Waals surface area contributed by atoms with Gasteiger partial charge >= 0.3 is 6.18 Å². The van der Waals surface area contributed by atoms with Gasteiger partial charge in [0.15, 0.2) is 0 Å². The molecule has 1 N–H and O–H groups in total. The molecule has 0 heterocycles. The first-order valence-electron chi connectivity index (χ1n) is 6.60. The van der Waals surface area contributed by atoms with Crippen LogP contribution in [0.15, 0.2) is 53.4 Å². The van der Waals surface area contributed by atoms with Crippen molar-refractivity contribution < 1.29 is 26.0 Å². The van der Waals surface area contributed by atoms with E-state index in [1.807, 2.05) is 0 Å². The minimum Gasteiger partial charge on any atom is -0.211 e. The summed E-state index contributed by atoms with van der Waals surface area (Å²) in [5.74, 6) is -0.562. The van der Waals surface area contributed by atoms with Crippen molar-refractivity contribution >= 4 is 10.0 Å². The zero-order valence-corrected chi connectivity index (χ0v) is 12.6. The molecule has 0 bridgehead atoms. The molecule has 0 saturated carbocycles. The molecule has 8 heteroatoms. The molecule has 0 saturated heterocycles. The fourth-order valence-corrected chi connectivity index (χ4v) is 2.96. The van der Waals surface area contributed by atoms with Crippen LogP contribution in [0.2, 0.25) is 0 Å². The number of hydrogen-bond acceptors (Lipinski definition) is 2. The number of halogens is 4. The van der Waals surface area contributed by atoms with E-state index < -0.39 is 27.6 Å². The Morgan fingerprint density at radius 3 is 2.26 bits per heavy atom. The Balaban J connectivity index is 2.01. The van der Waals surface area contributed by atoms with Crippen LogP contribution in [0.3, 0.4) is 0 Å². The first-order chi connectivity index (χ1) is 10.7. The van der Waals surface area contributed by atoms with Gasteiger partial charge in [-0.1, -0.05) is 18.2 Å². The molecular weight excluding hydrogens is 334 g/mol. The molecule has 0 aliphatic heterocycles. The Morgan fingerprint density at radius 1 is 1.00 bits per heavy atom. The fraction of sp³-hybridized carbons (Fsp3) is 0.200. The smallest absolute Gasteiger partial charge is 0.211 e. The second-order valence-electron chi connectivity index (χ2n) is 4.80. The number of alkyl halides is 3. The lowest BCUT2D eigenvalue weighted by Gasteiger charge is -2.10. The van der Waals surface area contributed by atoms with Gasteiger partial charge in [-0.15, -0.1) is 0 Å². The summed E-state index contributed by atoms with van der Waals surface area (Å²) in [6.45, 7) is -0.0684. The molecule has 0 unspecified atom stereocenters. The lowest BCUT2D eigenvalue weighted by atomic mass is 10.1. The van der Waals surface area contributed by atoms with Crippen LogP contribution >= 0.6 is 0 Å². The quantitative estimate of drug-likeness (QED) is 0.843. The van der Waals surface area contributed by atoms with E-state index in [1.165, 1.54) is 12.1 Å². The third-order valence-electron chi connectivity index (χ3n) is 3.08. The topological polar surface area (TPSA) is 46.2 Å². The number of nitrogens with one attached hydrogen (secondary N) is 1. The van der Waals surface area contributed by atoms with Crippen molar-refractivity contribution in [1.82, 2.24) is 4.72 Å². The first-order valence-corrected chi connectivity index (χ1v) is 8.08. The summed E-state index contributed by atoms with van der Waals surface area (Å²) in [7, 11) is -3.82. The zero-order valence-electron chi connectivity index (χ0n) is 11.8. The monoisotopic (exact) mass is 347 g/mol. The Hall–Kier alpha value is -1.93. The van der Waals surface area contributed by atoms with Crippen LogP contribution in [-0.2, 0) is 22.6 Å². The van der Waals surface area contributed by atoms with Gasteiger partial charge in [-0.2, -0.15) is 13.2 Å². The van der Waals surface area contributed by atoms with Gasteiger partial charge in [0, 0.05) is 6.54 Å². The average Bonchev–Trinajstić information content (AvgIpc) is 2.47. The van der Waals surface area contributed by atoms with E-state index in [2.05, 4.69) is 4.72 Å². The predicted molar refractivity (Wildman–Crippen MR) is 76.7 cm³/mol. The van der Waals surface area contributed by atoms with Gasteiger partial charge in [0.25, 0.3) is 0 Å². The molecule has 2 aromatic rings. The highest BCUT2D eigenvalue weighted by Crippen LogP contribution is 2.29. The van der Waals surface area contributed by atoms with Gasteiger partial charge in [-0.3, -0.25) is 0 Å². The molecule has 0 amide bonds. The van der Waals surface area contributed by atoms with Crippen LogP contribution < -0.4 is 4.72 Å². The van der Waals surface area contributed by atoms with E-state index in [-0.39, 0.29) is 17.9 Å². The predicted octanol–water partition coefficient (Wildman–Crippen LogP) is 3.37. The maximum Gasteiger partial charge on any atom is 0.416 e.